The normalized spacial score (nSPS) is 18.4. The van der Waals surface area contributed by atoms with Gasteiger partial charge in [-0.25, -0.2) is 14.2 Å². The molecule has 39 heavy (non-hydrogen) atoms. The summed E-state index contributed by atoms with van der Waals surface area (Å²) < 4.78 is 33.0. The topological polar surface area (TPSA) is 62.6 Å². The number of esters is 1. The van der Waals surface area contributed by atoms with Gasteiger partial charge in [0.2, 0.25) is 0 Å². The number of carbonyl (C=O) groups is 1. The summed E-state index contributed by atoms with van der Waals surface area (Å²) in [5, 5.41) is 0.369. The molecule has 2 heterocycles. The summed E-state index contributed by atoms with van der Waals surface area (Å²) in [7, 11) is 1.39. The molecule has 202 valence electrons. The number of aryl methyl sites for hydroxylation is 1. The Labute approximate surface area is 231 Å². The number of hydrogen-bond acceptors (Lipinski definition) is 5. The van der Waals surface area contributed by atoms with Crippen LogP contribution in [0.25, 0.3) is 11.0 Å². The van der Waals surface area contributed by atoms with Gasteiger partial charge in [0.25, 0.3) is 0 Å². The summed E-state index contributed by atoms with van der Waals surface area (Å²) in [6, 6.07) is 16.3. The van der Waals surface area contributed by atoms with E-state index in [2.05, 4.69) is 16.7 Å². The second-order valence-corrected chi connectivity index (χ2v) is 10.8. The molecule has 6 nitrogen and oxygen atoms in total. The first-order valence-electron chi connectivity index (χ1n) is 13.3. The van der Waals surface area contributed by atoms with Crippen LogP contribution in [0.4, 0.5) is 4.39 Å². The lowest BCUT2D eigenvalue weighted by Crippen LogP contribution is -2.32. The fourth-order valence-electron chi connectivity index (χ4n) is 5.54. The fourth-order valence-corrected chi connectivity index (χ4v) is 5.70. The van der Waals surface area contributed by atoms with Crippen LogP contribution in [-0.2, 0) is 41.9 Å². The van der Waals surface area contributed by atoms with Crippen molar-refractivity contribution in [3.05, 3.63) is 93.5 Å². The SMILES string of the molecule is COC(=O)c1ccc2nc(CC3CCc4ccc(OCc5ccc(Cl)cc5F)cc4C3)n(C[C@@H]3CCO3)c2c1. The molecule has 2 aliphatic rings. The smallest absolute Gasteiger partial charge is 0.337 e. The van der Waals surface area contributed by atoms with Crippen LogP contribution in [0.3, 0.4) is 0 Å². The summed E-state index contributed by atoms with van der Waals surface area (Å²) in [5.74, 6) is 1.44. The van der Waals surface area contributed by atoms with E-state index in [1.54, 1.807) is 18.2 Å². The third-order valence-corrected chi connectivity index (χ3v) is 8.05. The van der Waals surface area contributed by atoms with Gasteiger partial charge in [0.05, 0.1) is 36.4 Å². The molecule has 1 unspecified atom stereocenters. The molecule has 0 spiro atoms. The van der Waals surface area contributed by atoms with Crippen molar-refractivity contribution >= 4 is 28.6 Å². The van der Waals surface area contributed by atoms with Crippen molar-refractivity contribution in [3.63, 3.8) is 0 Å². The van der Waals surface area contributed by atoms with Gasteiger partial charge < -0.3 is 18.8 Å². The Bertz CT molecular complexity index is 1530. The fraction of sp³-hybridized carbons (Fsp3) is 0.355. The number of fused-ring (bicyclic) bond motifs is 2. The third kappa shape index (κ3) is 5.52. The predicted molar refractivity (Wildman–Crippen MR) is 147 cm³/mol. The van der Waals surface area contributed by atoms with E-state index in [9.17, 15) is 9.18 Å². The van der Waals surface area contributed by atoms with Crippen molar-refractivity contribution in [1.29, 1.82) is 0 Å². The maximum atomic E-state index is 14.2. The highest BCUT2D eigenvalue weighted by Gasteiger charge is 2.26. The number of ether oxygens (including phenoxy) is 3. The maximum Gasteiger partial charge on any atom is 0.337 e. The molecule has 8 heteroatoms. The van der Waals surface area contributed by atoms with E-state index < -0.39 is 0 Å². The van der Waals surface area contributed by atoms with E-state index in [0.717, 1.165) is 67.9 Å². The van der Waals surface area contributed by atoms with Crippen molar-refractivity contribution in [2.24, 2.45) is 5.92 Å². The van der Waals surface area contributed by atoms with Crippen molar-refractivity contribution in [1.82, 2.24) is 9.55 Å². The van der Waals surface area contributed by atoms with E-state index in [1.807, 2.05) is 18.2 Å². The van der Waals surface area contributed by atoms with Crippen molar-refractivity contribution in [2.45, 2.75) is 51.4 Å². The Morgan fingerprint density at radius 1 is 1.13 bits per heavy atom. The van der Waals surface area contributed by atoms with E-state index in [0.29, 0.717) is 22.1 Å². The minimum atomic E-state index is -0.366. The average Bonchev–Trinajstić information content (AvgIpc) is 3.25. The molecule has 2 atom stereocenters. The van der Waals surface area contributed by atoms with Gasteiger partial charge in [-0.2, -0.15) is 0 Å². The van der Waals surface area contributed by atoms with E-state index in [4.69, 9.17) is 30.8 Å². The molecule has 1 aliphatic heterocycles. The molecule has 1 saturated heterocycles. The van der Waals surface area contributed by atoms with Crippen molar-refractivity contribution in [3.8, 4) is 5.75 Å². The van der Waals surface area contributed by atoms with Gasteiger partial charge in [0, 0.05) is 23.6 Å². The maximum absolute atomic E-state index is 14.2. The Kier molecular flexibility index (Phi) is 7.28. The molecule has 1 aliphatic carbocycles. The zero-order valence-electron chi connectivity index (χ0n) is 21.8. The van der Waals surface area contributed by atoms with Gasteiger partial charge in [-0.1, -0.05) is 23.7 Å². The van der Waals surface area contributed by atoms with Crippen LogP contribution in [0, 0.1) is 11.7 Å². The number of halogens is 2. The monoisotopic (exact) mass is 548 g/mol. The van der Waals surface area contributed by atoms with Crippen LogP contribution in [-0.4, -0.2) is 35.3 Å². The van der Waals surface area contributed by atoms with Gasteiger partial charge in [0.1, 0.15) is 24.0 Å². The molecule has 1 fully saturated rings. The van der Waals surface area contributed by atoms with Crippen LogP contribution < -0.4 is 4.74 Å². The second-order valence-electron chi connectivity index (χ2n) is 10.4. The molecule has 6 rings (SSSR count). The molecular formula is C31H30ClFN2O4. The first-order valence-corrected chi connectivity index (χ1v) is 13.7. The van der Waals surface area contributed by atoms with Crippen LogP contribution in [0.15, 0.2) is 54.6 Å². The molecule has 0 saturated carbocycles. The number of benzene rings is 3. The van der Waals surface area contributed by atoms with Crippen molar-refractivity contribution in [2.75, 3.05) is 13.7 Å². The van der Waals surface area contributed by atoms with E-state index >= 15 is 0 Å². The first kappa shape index (κ1) is 25.8. The number of aromatic nitrogens is 2. The Morgan fingerprint density at radius 3 is 2.77 bits per heavy atom. The highest BCUT2D eigenvalue weighted by Crippen LogP contribution is 2.32. The largest absolute Gasteiger partial charge is 0.489 e. The zero-order chi connectivity index (χ0) is 26.9. The number of imidazole rings is 1. The van der Waals surface area contributed by atoms with E-state index in [1.165, 1.54) is 24.3 Å². The second kappa shape index (κ2) is 11.0. The molecule has 3 aromatic carbocycles. The van der Waals surface area contributed by atoms with Gasteiger partial charge in [-0.05, 0) is 85.2 Å². The number of carbonyl (C=O) groups excluding carboxylic acids is 1. The number of nitrogens with zero attached hydrogens (tertiary/aromatic N) is 2. The minimum Gasteiger partial charge on any atom is -0.489 e. The molecule has 1 aromatic heterocycles. The minimum absolute atomic E-state index is 0.145. The predicted octanol–water partition coefficient (Wildman–Crippen LogP) is 6.33. The first-order chi connectivity index (χ1) is 19.0. The van der Waals surface area contributed by atoms with Gasteiger partial charge >= 0.3 is 5.97 Å². The Hall–Kier alpha value is -3.42. The highest BCUT2D eigenvalue weighted by atomic mass is 35.5. The lowest BCUT2D eigenvalue weighted by atomic mass is 9.82. The Morgan fingerprint density at radius 2 is 2.00 bits per heavy atom. The van der Waals surface area contributed by atoms with Gasteiger partial charge in [-0.15, -0.1) is 0 Å². The summed E-state index contributed by atoms with van der Waals surface area (Å²) >= 11 is 5.87. The lowest BCUT2D eigenvalue weighted by Gasteiger charge is -2.29. The molecule has 0 N–H and O–H groups in total. The zero-order valence-corrected chi connectivity index (χ0v) is 22.5. The highest BCUT2D eigenvalue weighted by molar-refractivity contribution is 6.30. The molecule has 4 aromatic rings. The standard InChI is InChI=1S/C31H30ClFN2O4/c1-37-31(36)21-6-9-28-29(15-21)35(17-26-10-11-38-26)30(34-28)13-19-2-3-20-5-8-25(14-23(20)12-19)39-18-22-4-7-24(32)16-27(22)33/h4-9,14-16,19,26H,2-3,10-13,17-18H2,1H3/t19?,26-/m0/s1. The third-order valence-electron chi connectivity index (χ3n) is 7.82. The summed E-state index contributed by atoms with van der Waals surface area (Å²) in [6.45, 7) is 1.65. The molecule has 0 radical (unpaired) electrons. The summed E-state index contributed by atoms with van der Waals surface area (Å²) in [6.07, 6.45) is 4.99. The summed E-state index contributed by atoms with van der Waals surface area (Å²) in [5.41, 5.74) is 5.39. The van der Waals surface area contributed by atoms with Gasteiger partial charge in [-0.3, -0.25) is 0 Å². The van der Waals surface area contributed by atoms with Crippen LogP contribution in [0.5, 0.6) is 5.75 Å². The van der Waals surface area contributed by atoms with E-state index in [-0.39, 0.29) is 24.5 Å². The number of rotatable bonds is 8. The van der Waals surface area contributed by atoms with Crippen LogP contribution >= 0.6 is 11.6 Å². The summed E-state index contributed by atoms with van der Waals surface area (Å²) in [4.78, 5) is 17.2. The molecular weight excluding hydrogens is 519 g/mol. The van der Waals surface area contributed by atoms with Gasteiger partial charge in [0.15, 0.2) is 0 Å². The number of hydrogen-bond donors (Lipinski definition) is 0. The quantitative estimate of drug-likeness (QED) is 0.241. The number of methoxy groups -OCH3 is 1. The Balaban J connectivity index is 1.20. The molecule has 0 bridgehead atoms. The van der Waals surface area contributed by atoms with Crippen molar-refractivity contribution < 1.29 is 23.4 Å². The lowest BCUT2D eigenvalue weighted by molar-refractivity contribution is -0.0590. The average molecular weight is 549 g/mol. The molecule has 0 amide bonds. The van der Waals surface area contributed by atoms with Crippen LogP contribution in [0.1, 0.15) is 45.7 Å². The van der Waals surface area contributed by atoms with Crippen LogP contribution in [0.2, 0.25) is 5.02 Å².